The Kier molecular flexibility index (Phi) is 9.99. The van der Waals surface area contributed by atoms with E-state index in [9.17, 15) is 22.4 Å². The number of primary amides is 1. The maximum absolute atomic E-state index is 13.6. The first-order valence-corrected chi connectivity index (χ1v) is 12.2. The maximum Gasteiger partial charge on any atom is 0.422 e. The first-order chi connectivity index (χ1) is 17.6. The Bertz CT molecular complexity index is 1060. The van der Waals surface area contributed by atoms with Crippen LogP contribution in [0.1, 0.15) is 41.3 Å². The molecule has 37 heavy (non-hydrogen) atoms. The molecule has 0 spiro atoms. The number of amides is 1. The predicted octanol–water partition coefficient (Wildman–Crippen LogP) is 3.60. The Morgan fingerprint density at radius 1 is 1.19 bits per heavy atom. The summed E-state index contributed by atoms with van der Waals surface area (Å²) in [5.41, 5.74) is 9.08. The van der Waals surface area contributed by atoms with Gasteiger partial charge < -0.3 is 30.5 Å². The van der Waals surface area contributed by atoms with Crippen molar-refractivity contribution >= 4 is 11.6 Å². The normalized spacial score (nSPS) is 13.9. The average Bonchev–Trinajstić information content (AvgIpc) is 3.23. The molecule has 7 nitrogen and oxygen atoms in total. The van der Waals surface area contributed by atoms with Crippen LogP contribution in [0.25, 0.3) is 0 Å². The molecule has 1 aliphatic rings. The molecule has 1 amide bonds. The number of fused-ring (bicyclic) bond motifs is 1. The van der Waals surface area contributed by atoms with Gasteiger partial charge in [0.2, 0.25) is 0 Å². The van der Waals surface area contributed by atoms with Crippen LogP contribution >= 0.6 is 0 Å². The first-order valence-electron chi connectivity index (χ1n) is 12.2. The molecule has 0 saturated carbocycles. The van der Waals surface area contributed by atoms with Gasteiger partial charge >= 0.3 is 6.18 Å². The van der Waals surface area contributed by atoms with E-state index in [1.165, 1.54) is 0 Å². The lowest BCUT2D eigenvalue weighted by molar-refractivity contribution is -0.153. The van der Waals surface area contributed by atoms with Gasteiger partial charge in [-0.05, 0) is 61.9 Å². The van der Waals surface area contributed by atoms with Crippen LogP contribution in [0, 0.1) is 5.82 Å². The lowest BCUT2D eigenvalue weighted by atomic mass is 9.98. The van der Waals surface area contributed by atoms with Crippen molar-refractivity contribution in [3.63, 3.8) is 0 Å². The molecule has 11 heteroatoms. The van der Waals surface area contributed by atoms with Crippen molar-refractivity contribution < 1.29 is 36.9 Å². The van der Waals surface area contributed by atoms with Gasteiger partial charge in [0.25, 0.3) is 5.91 Å². The van der Waals surface area contributed by atoms with E-state index in [0.717, 1.165) is 60.9 Å². The second-order valence-corrected chi connectivity index (χ2v) is 9.09. The fourth-order valence-electron chi connectivity index (χ4n) is 4.40. The molecule has 2 aromatic rings. The molecule has 0 radical (unpaired) electrons. The van der Waals surface area contributed by atoms with Crippen molar-refractivity contribution in [3.05, 3.63) is 52.8 Å². The Morgan fingerprint density at radius 2 is 1.97 bits per heavy atom. The standard InChI is InChI=1S/C26H33F4N3O4/c1-17(32-7-11-36-23-15-20(27)4-5-22(23)37-16-26(28,29)30)12-18-13-19-6-9-33(8-2-3-10-34)24(19)21(14-18)25(31)35/h4-5,13-15,17,32,34H,2-3,6-12,16H2,1H3,(H2,31,35)/t17-/m1/s1. The minimum absolute atomic E-state index is 0.0158. The molecule has 0 aromatic heterocycles. The van der Waals surface area contributed by atoms with Crippen LogP contribution in [-0.2, 0) is 12.8 Å². The molecule has 2 aromatic carbocycles. The summed E-state index contributed by atoms with van der Waals surface area (Å²) in [6.07, 6.45) is -1.58. The number of aliphatic hydroxyl groups is 1. The lowest BCUT2D eigenvalue weighted by Crippen LogP contribution is -2.32. The number of nitrogens with two attached hydrogens (primary N) is 1. The number of carbonyl (C=O) groups excluding carboxylic acids is 1. The van der Waals surface area contributed by atoms with Crippen molar-refractivity contribution in [2.45, 2.75) is 44.8 Å². The van der Waals surface area contributed by atoms with Gasteiger partial charge in [-0.15, -0.1) is 0 Å². The summed E-state index contributed by atoms with van der Waals surface area (Å²) >= 11 is 0. The van der Waals surface area contributed by atoms with Crippen LogP contribution in [0.2, 0.25) is 0 Å². The van der Waals surface area contributed by atoms with Crippen molar-refractivity contribution in [2.24, 2.45) is 5.73 Å². The predicted molar refractivity (Wildman–Crippen MR) is 132 cm³/mol. The number of unbranched alkanes of at least 4 members (excludes halogenated alkanes) is 1. The Hall–Kier alpha value is -3.05. The topological polar surface area (TPSA) is 97.1 Å². The van der Waals surface area contributed by atoms with Gasteiger partial charge in [-0.1, -0.05) is 6.07 Å². The number of benzene rings is 2. The zero-order chi connectivity index (χ0) is 27.0. The molecular formula is C26H33F4N3O4. The highest BCUT2D eigenvalue weighted by molar-refractivity contribution is 6.00. The summed E-state index contributed by atoms with van der Waals surface area (Å²) < 4.78 is 61.2. The summed E-state index contributed by atoms with van der Waals surface area (Å²) in [5.74, 6) is -1.43. The summed E-state index contributed by atoms with van der Waals surface area (Å²) in [7, 11) is 0. The molecule has 0 bridgehead atoms. The third kappa shape index (κ3) is 8.50. The maximum atomic E-state index is 13.6. The summed E-state index contributed by atoms with van der Waals surface area (Å²) in [4.78, 5) is 14.3. The van der Waals surface area contributed by atoms with E-state index in [1.54, 1.807) is 0 Å². The van der Waals surface area contributed by atoms with E-state index >= 15 is 0 Å². The fourth-order valence-corrected chi connectivity index (χ4v) is 4.40. The summed E-state index contributed by atoms with van der Waals surface area (Å²) in [6.45, 7) is 2.56. The zero-order valence-corrected chi connectivity index (χ0v) is 20.7. The van der Waals surface area contributed by atoms with Crippen LogP contribution in [0.4, 0.5) is 23.2 Å². The molecule has 0 saturated heterocycles. The second kappa shape index (κ2) is 13.0. The van der Waals surface area contributed by atoms with E-state index < -0.39 is 24.5 Å². The van der Waals surface area contributed by atoms with Gasteiger partial charge in [0, 0.05) is 38.3 Å². The number of carbonyl (C=O) groups is 1. The van der Waals surface area contributed by atoms with Gasteiger partial charge in [-0.25, -0.2) is 4.39 Å². The molecule has 4 N–H and O–H groups in total. The van der Waals surface area contributed by atoms with Gasteiger partial charge in [0.1, 0.15) is 12.4 Å². The highest BCUT2D eigenvalue weighted by Crippen LogP contribution is 2.34. The van der Waals surface area contributed by atoms with Gasteiger partial charge in [0.15, 0.2) is 18.1 Å². The quantitative estimate of drug-likeness (QED) is 0.257. The molecule has 1 atom stereocenters. The lowest BCUT2D eigenvalue weighted by Gasteiger charge is -2.22. The van der Waals surface area contributed by atoms with Crippen LogP contribution in [-0.4, -0.2) is 62.7 Å². The van der Waals surface area contributed by atoms with E-state index in [0.29, 0.717) is 24.9 Å². The van der Waals surface area contributed by atoms with Gasteiger partial charge in [-0.2, -0.15) is 13.2 Å². The van der Waals surface area contributed by atoms with E-state index in [2.05, 4.69) is 16.3 Å². The monoisotopic (exact) mass is 527 g/mol. The number of rotatable bonds is 14. The number of nitrogens with zero attached hydrogens (tertiary/aromatic N) is 1. The van der Waals surface area contributed by atoms with Gasteiger partial charge in [-0.3, -0.25) is 4.79 Å². The largest absolute Gasteiger partial charge is 0.488 e. The highest BCUT2D eigenvalue weighted by atomic mass is 19.4. The number of aliphatic hydroxyl groups excluding tert-OH is 1. The highest BCUT2D eigenvalue weighted by Gasteiger charge is 2.29. The SMILES string of the molecule is C[C@H](Cc1cc2c(c(C(N)=O)c1)N(CCCCO)CC2)NCCOc1cc(F)ccc1OCC(F)(F)F. The average molecular weight is 528 g/mol. The molecule has 1 aliphatic heterocycles. The van der Waals surface area contributed by atoms with Crippen molar-refractivity contribution in [1.29, 1.82) is 0 Å². The number of hydrogen-bond donors (Lipinski definition) is 3. The summed E-state index contributed by atoms with van der Waals surface area (Å²) in [5, 5.41) is 12.3. The molecule has 0 unspecified atom stereocenters. The molecular weight excluding hydrogens is 494 g/mol. The third-order valence-corrected chi connectivity index (χ3v) is 6.01. The zero-order valence-electron chi connectivity index (χ0n) is 20.7. The number of alkyl halides is 3. The third-order valence-electron chi connectivity index (χ3n) is 6.01. The van der Waals surface area contributed by atoms with Crippen molar-refractivity contribution in [1.82, 2.24) is 5.32 Å². The molecule has 0 aliphatic carbocycles. The Balaban J connectivity index is 1.55. The van der Waals surface area contributed by atoms with Crippen molar-refractivity contribution in [3.8, 4) is 11.5 Å². The van der Waals surface area contributed by atoms with E-state index in [4.69, 9.17) is 20.3 Å². The van der Waals surface area contributed by atoms with E-state index in [1.807, 2.05) is 13.0 Å². The molecule has 1 heterocycles. The number of nitrogens with one attached hydrogen (secondary N) is 1. The summed E-state index contributed by atoms with van der Waals surface area (Å²) in [6, 6.07) is 6.97. The number of halogens is 4. The number of ether oxygens (including phenoxy) is 2. The smallest absolute Gasteiger partial charge is 0.422 e. The minimum Gasteiger partial charge on any atom is -0.488 e. The van der Waals surface area contributed by atoms with E-state index in [-0.39, 0.29) is 30.8 Å². The van der Waals surface area contributed by atoms with Crippen LogP contribution in [0.15, 0.2) is 30.3 Å². The minimum atomic E-state index is -4.52. The second-order valence-electron chi connectivity index (χ2n) is 9.09. The number of anilines is 1. The molecule has 3 rings (SSSR count). The Labute approximate surface area is 213 Å². The van der Waals surface area contributed by atoms with Gasteiger partial charge in [0.05, 0.1) is 11.3 Å². The van der Waals surface area contributed by atoms with Crippen molar-refractivity contribution in [2.75, 3.05) is 44.4 Å². The Morgan fingerprint density at radius 3 is 2.68 bits per heavy atom. The van der Waals surface area contributed by atoms with Crippen LogP contribution in [0.5, 0.6) is 11.5 Å². The molecule has 0 fully saturated rings. The first kappa shape index (κ1) is 28.5. The molecule has 204 valence electrons. The van der Waals surface area contributed by atoms with Crippen LogP contribution in [0.3, 0.4) is 0 Å². The fraction of sp³-hybridized carbons (Fsp3) is 0.500. The van der Waals surface area contributed by atoms with Crippen LogP contribution < -0.4 is 25.4 Å². The number of hydrogen-bond acceptors (Lipinski definition) is 6.